The molecule has 0 saturated carbocycles. The second-order valence-electron chi connectivity index (χ2n) is 6.29. The van der Waals surface area contributed by atoms with Crippen molar-refractivity contribution in [1.82, 2.24) is 10.2 Å². The van der Waals surface area contributed by atoms with Gasteiger partial charge in [-0.3, -0.25) is 9.69 Å². The van der Waals surface area contributed by atoms with Crippen LogP contribution in [0.25, 0.3) is 0 Å². The van der Waals surface area contributed by atoms with Gasteiger partial charge in [-0.15, -0.1) is 0 Å². The zero-order chi connectivity index (χ0) is 14.6. The number of aliphatic hydroxyl groups is 1. The van der Waals surface area contributed by atoms with Crippen molar-refractivity contribution in [1.29, 1.82) is 0 Å². The van der Waals surface area contributed by atoms with E-state index in [4.69, 9.17) is 9.47 Å². The van der Waals surface area contributed by atoms with E-state index in [0.717, 1.165) is 19.4 Å². The maximum atomic E-state index is 12.0. The van der Waals surface area contributed by atoms with E-state index < -0.39 is 0 Å². The average molecular weight is 286 g/mol. The summed E-state index contributed by atoms with van der Waals surface area (Å²) in [4.78, 5) is 14.0. The highest BCUT2D eigenvalue weighted by Gasteiger charge is 2.33. The van der Waals surface area contributed by atoms with Gasteiger partial charge in [-0.25, -0.2) is 0 Å². The molecule has 2 atom stereocenters. The molecule has 2 aliphatic heterocycles. The Balaban J connectivity index is 1.74. The smallest absolute Gasteiger partial charge is 0.234 e. The number of nitrogens with one attached hydrogen (secondary N) is 1. The van der Waals surface area contributed by atoms with Crippen molar-refractivity contribution in [3.63, 3.8) is 0 Å². The van der Waals surface area contributed by atoms with Crippen LogP contribution in [-0.4, -0.2) is 73.1 Å². The van der Waals surface area contributed by atoms with E-state index in [1.807, 2.05) is 18.7 Å². The molecule has 0 aromatic carbocycles. The molecule has 0 aromatic heterocycles. The lowest BCUT2D eigenvalue weighted by Gasteiger charge is -2.42. The molecule has 1 amide bonds. The number of morpholine rings is 1. The third-order valence-electron chi connectivity index (χ3n) is 3.67. The largest absolute Gasteiger partial charge is 0.394 e. The molecule has 2 N–H and O–H groups in total. The summed E-state index contributed by atoms with van der Waals surface area (Å²) < 4.78 is 11.2. The van der Waals surface area contributed by atoms with Crippen molar-refractivity contribution in [2.24, 2.45) is 0 Å². The van der Waals surface area contributed by atoms with Crippen molar-refractivity contribution in [3.8, 4) is 0 Å². The lowest BCUT2D eigenvalue weighted by Crippen LogP contribution is -2.56. The number of hydrogen-bond acceptors (Lipinski definition) is 5. The SMILES string of the molecule is CC1(C)CN(CC(=O)NCC2CCCO2)CC(CO)O1. The standard InChI is InChI=1S/C14H26N2O4/c1-14(2)10-16(7-12(9-17)20-14)8-13(18)15-6-11-4-3-5-19-11/h11-12,17H,3-10H2,1-2H3,(H,15,18). The molecule has 20 heavy (non-hydrogen) atoms. The maximum absolute atomic E-state index is 12.0. The summed E-state index contributed by atoms with van der Waals surface area (Å²) in [6.45, 7) is 6.96. The highest BCUT2D eigenvalue weighted by Crippen LogP contribution is 2.20. The average Bonchev–Trinajstić information content (AvgIpc) is 2.87. The Kier molecular flexibility index (Phi) is 5.37. The Morgan fingerprint density at radius 1 is 1.45 bits per heavy atom. The van der Waals surface area contributed by atoms with Crippen LogP contribution in [0.3, 0.4) is 0 Å². The minimum absolute atomic E-state index is 0.00916. The van der Waals surface area contributed by atoms with E-state index in [1.54, 1.807) is 0 Å². The summed E-state index contributed by atoms with van der Waals surface area (Å²) in [6.07, 6.45) is 2.06. The number of hydrogen-bond donors (Lipinski definition) is 2. The van der Waals surface area contributed by atoms with Crippen molar-refractivity contribution >= 4 is 5.91 Å². The van der Waals surface area contributed by atoms with Crippen LogP contribution < -0.4 is 5.32 Å². The number of ether oxygens (including phenoxy) is 2. The zero-order valence-corrected chi connectivity index (χ0v) is 12.4. The van der Waals surface area contributed by atoms with E-state index in [2.05, 4.69) is 5.32 Å². The van der Waals surface area contributed by atoms with Crippen molar-refractivity contribution in [2.75, 3.05) is 39.4 Å². The van der Waals surface area contributed by atoms with Gasteiger partial charge < -0.3 is 19.9 Å². The summed E-state index contributed by atoms with van der Waals surface area (Å²) in [5, 5.41) is 12.2. The van der Waals surface area contributed by atoms with Gasteiger partial charge in [0.15, 0.2) is 0 Å². The molecule has 2 rings (SSSR count). The number of rotatable bonds is 5. The molecule has 6 nitrogen and oxygen atoms in total. The van der Waals surface area contributed by atoms with Crippen LogP contribution in [0.1, 0.15) is 26.7 Å². The molecule has 0 bridgehead atoms. The van der Waals surface area contributed by atoms with E-state index in [0.29, 0.717) is 26.2 Å². The number of aliphatic hydroxyl groups excluding tert-OH is 1. The minimum Gasteiger partial charge on any atom is -0.394 e. The molecule has 0 spiro atoms. The molecule has 0 aromatic rings. The van der Waals surface area contributed by atoms with Crippen LogP contribution >= 0.6 is 0 Å². The molecule has 2 aliphatic rings. The zero-order valence-electron chi connectivity index (χ0n) is 12.4. The number of nitrogens with zero attached hydrogens (tertiary/aromatic N) is 1. The fourth-order valence-electron chi connectivity index (χ4n) is 2.92. The molecule has 2 heterocycles. The Hall–Kier alpha value is -0.690. The van der Waals surface area contributed by atoms with E-state index >= 15 is 0 Å². The number of amides is 1. The fraction of sp³-hybridized carbons (Fsp3) is 0.929. The predicted molar refractivity (Wildman–Crippen MR) is 74.5 cm³/mol. The van der Waals surface area contributed by atoms with Gasteiger partial charge >= 0.3 is 0 Å². The Labute approximate surface area is 120 Å². The van der Waals surface area contributed by atoms with Gasteiger partial charge in [0.1, 0.15) is 0 Å². The predicted octanol–water partition coefficient (Wildman–Crippen LogP) is -0.247. The maximum Gasteiger partial charge on any atom is 0.234 e. The van der Waals surface area contributed by atoms with Gasteiger partial charge in [0.25, 0.3) is 0 Å². The van der Waals surface area contributed by atoms with Crippen molar-refractivity contribution in [3.05, 3.63) is 0 Å². The van der Waals surface area contributed by atoms with Crippen LogP contribution in [0.15, 0.2) is 0 Å². The first-order chi connectivity index (χ1) is 9.48. The van der Waals surface area contributed by atoms with Crippen LogP contribution in [0, 0.1) is 0 Å². The van der Waals surface area contributed by atoms with E-state index in [1.165, 1.54) is 0 Å². The fourth-order valence-corrected chi connectivity index (χ4v) is 2.92. The van der Waals surface area contributed by atoms with Crippen LogP contribution in [0.2, 0.25) is 0 Å². The first-order valence-electron chi connectivity index (χ1n) is 7.38. The Morgan fingerprint density at radius 3 is 2.90 bits per heavy atom. The molecule has 0 aliphatic carbocycles. The summed E-state index contributed by atoms with van der Waals surface area (Å²) in [5.41, 5.74) is -0.333. The molecule has 6 heteroatoms. The highest BCUT2D eigenvalue weighted by atomic mass is 16.5. The monoisotopic (exact) mass is 286 g/mol. The third kappa shape index (κ3) is 4.70. The lowest BCUT2D eigenvalue weighted by atomic mass is 10.1. The van der Waals surface area contributed by atoms with Crippen LogP contribution in [-0.2, 0) is 14.3 Å². The first kappa shape index (κ1) is 15.7. The molecule has 2 fully saturated rings. The quantitative estimate of drug-likeness (QED) is 0.729. The van der Waals surface area contributed by atoms with Gasteiger partial charge in [0.05, 0.1) is 31.0 Å². The second kappa shape index (κ2) is 6.85. The first-order valence-corrected chi connectivity index (χ1v) is 7.38. The van der Waals surface area contributed by atoms with Gasteiger partial charge in [0.2, 0.25) is 5.91 Å². The Morgan fingerprint density at radius 2 is 2.25 bits per heavy atom. The highest BCUT2D eigenvalue weighted by molar-refractivity contribution is 5.78. The normalized spacial score (nSPS) is 30.4. The number of carbonyl (C=O) groups is 1. The van der Waals surface area contributed by atoms with Crippen LogP contribution in [0.4, 0.5) is 0 Å². The summed E-state index contributed by atoms with van der Waals surface area (Å²) in [6, 6.07) is 0. The van der Waals surface area contributed by atoms with Gasteiger partial charge in [-0.05, 0) is 26.7 Å². The van der Waals surface area contributed by atoms with Crippen molar-refractivity contribution in [2.45, 2.75) is 44.5 Å². The third-order valence-corrected chi connectivity index (χ3v) is 3.67. The second-order valence-corrected chi connectivity index (χ2v) is 6.29. The summed E-state index contributed by atoms with van der Waals surface area (Å²) >= 11 is 0. The van der Waals surface area contributed by atoms with Crippen LogP contribution in [0.5, 0.6) is 0 Å². The minimum atomic E-state index is -0.333. The lowest BCUT2D eigenvalue weighted by molar-refractivity contribution is -0.153. The molecule has 116 valence electrons. The topological polar surface area (TPSA) is 71.0 Å². The molecule has 2 unspecified atom stereocenters. The number of carbonyl (C=O) groups excluding carboxylic acids is 1. The van der Waals surface area contributed by atoms with Gasteiger partial charge in [-0.2, -0.15) is 0 Å². The summed E-state index contributed by atoms with van der Waals surface area (Å²) in [5.74, 6) is 0.00916. The molecular weight excluding hydrogens is 260 g/mol. The van der Waals surface area contributed by atoms with Gasteiger partial charge in [0, 0.05) is 26.2 Å². The molecular formula is C14H26N2O4. The molecule has 0 radical (unpaired) electrons. The Bertz CT molecular complexity index is 329. The van der Waals surface area contributed by atoms with E-state index in [-0.39, 0.29) is 30.3 Å². The molecule has 2 saturated heterocycles. The van der Waals surface area contributed by atoms with Gasteiger partial charge in [-0.1, -0.05) is 0 Å². The summed E-state index contributed by atoms with van der Waals surface area (Å²) in [7, 11) is 0. The van der Waals surface area contributed by atoms with E-state index in [9.17, 15) is 9.90 Å². The van der Waals surface area contributed by atoms with Crippen molar-refractivity contribution < 1.29 is 19.4 Å².